The molecule has 0 fully saturated rings. The topological polar surface area (TPSA) is 110 Å². The van der Waals surface area contributed by atoms with Gasteiger partial charge in [0.25, 0.3) is 5.69 Å². The van der Waals surface area contributed by atoms with Crippen LogP contribution in [-0.2, 0) is 11.2 Å². The minimum absolute atomic E-state index is 0.0742. The number of carbonyl (C=O) groups excluding carboxylic acids is 1. The van der Waals surface area contributed by atoms with E-state index < -0.39 is 10.2 Å². The molecule has 1 amide bonds. The summed E-state index contributed by atoms with van der Waals surface area (Å²) in [7, 11) is 0. The number of nitrogens with one attached hydrogen (secondary N) is 2. The smallest absolute Gasteiger partial charge is 0.271 e. The number of aryl methyl sites for hydroxylation is 1. The summed E-state index contributed by atoms with van der Waals surface area (Å²) in [6.07, 6.45) is 0.982. The molecule has 2 N–H and O–H groups in total. The van der Waals surface area contributed by atoms with Crippen LogP contribution in [0, 0.1) is 10.1 Å². The number of hydrogen-bond donors (Lipinski definition) is 2. The van der Waals surface area contributed by atoms with E-state index in [2.05, 4.69) is 39.9 Å². The van der Waals surface area contributed by atoms with Crippen LogP contribution in [0.4, 0.5) is 22.2 Å². The van der Waals surface area contributed by atoms with Crippen LogP contribution < -0.4 is 10.6 Å². The third-order valence-corrected chi connectivity index (χ3v) is 6.01. The Balaban J connectivity index is 1.57. The van der Waals surface area contributed by atoms with Crippen molar-refractivity contribution in [2.75, 3.05) is 10.6 Å². The SMILES string of the molecule is CCc1ccc(Nc2nnc(S[C@@H](C)C(=O)Nc3cccc([N+](=O)[O-])c3)s2)cc1. The lowest BCUT2D eigenvalue weighted by Gasteiger charge is -2.10. The van der Waals surface area contributed by atoms with Gasteiger partial charge in [-0.2, -0.15) is 0 Å². The van der Waals surface area contributed by atoms with Crippen molar-refractivity contribution in [3.8, 4) is 0 Å². The van der Waals surface area contributed by atoms with Crippen LogP contribution in [0.2, 0.25) is 0 Å². The Kier molecular flexibility index (Phi) is 6.78. The first-order chi connectivity index (χ1) is 13.9. The number of amides is 1. The van der Waals surface area contributed by atoms with E-state index in [0.29, 0.717) is 15.2 Å². The average molecular weight is 430 g/mol. The quantitative estimate of drug-likeness (QED) is 0.298. The lowest BCUT2D eigenvalue weighted by molar-refractivity contribution is -0.384. The van der Waals surface area contributed by atoms with Gasteiger partial charge in [-0.1, -0.05) is 48.2 Å². The van der Waals surface area contributed by atoms with E-state index in [4.69, 9.17) is 0 Å². The Labute approximate surface area is 175 Å². The van der Waals surface area contributed by atoms with Crippen LogP contribution in [0.5, 0.6) is 0 Å². The largest absolute Gasteiger partial charge is 0.330 e. The first-order valence-electron chi connectivity index (χ1n) is 8.86. The van der Waals surface area contributed by atoms with Crippen molar-refractivity contribution in [3.05, 3.63) is 64.2 Å². The highest BCUT2D eigenvalue weighted by Crippen LogP contribution is 2.31. The van der Waals surface area contributed by atoms with Gasteiger partial charge < -0.3 is 10.6 Å². The van der Waals surface area contributed by atoms with Gasteiger partial charge in [0.1, 0.15) is 0 Å². The lowest BCUT2D eigenvalue weighted by atomic mass is 10.1. The van der Waals surface area contributed by atoms with Gasteiger partial charge in [0.05, 0.1) is 10.2 Å². The third-order valence-electron chi connectivity index (χ3n) is 3.99. The minimum atomic E-state index is -0.501. The summed E-state index contributed by atoms with van der Waals surface area (Å²) in [5.41, 5.74) is 2.49. The number of nitro groups is 1. The van der Waals surface area contributed by atoms with Crippen LogP contribution in [0.3, 0.4) is 0 Å². The highest BCUT2D eigenvalue weighted by molar-refractivity contribution is 8.02. The van der Waals surface area contributed by atoms with Gasteiger partial charge in [-0.3, -0.25) is 14.9 Å². The number of benzene rings is 2. The highest BCUT2D eigenvalue weighted by Gasteiger charge is 2.18. The van der Waals surface area contributed by atoms with Crippen LogP contribution in [0.25, 0.3) is 0 Å². The monoisotopic (exact) mass is 429 g/mol. The molecule has 3 aromatic rings. The van der Waals surface area contributed by atoms with Crippen molar-refractivity contribution in [1.29, 1.82) is 0 Å². The first-order valence-corrected chi connectivity index (χ1v) is 10.6. The minimum Gasteiger partial charge on any atom is -0.330 e. The number of hydrogen-bond acceptors (Lipinski definition) is 8. The van der Waals surface area contributed by atoms with Gasteiger partial charge in [-0.15, -0.1) is 10.2 Å². The molecule has 0 saturated heterocycles. The number of aromatic nitrogens is 2. The Morgan fingerprint density at radius 2 is 1.97 bits per heavy atom. The zero-order valence-electron chi connectivity index (χ0n) is 15.8. The van der Waals surface area contributed by atoms with E-state index in [-0.39, 0.29) is 11.6 Å². The van der Waals surface area contributed by atoms with Crippen LogP contribution in [0.1, 0.15) is 19.4 Å². The van der Waals surface area contributed by atoms with E-state index in [9.17, 15) is 14.9 Å². The molecule has 10 heteroatoms. The molecule has 0 spiro atoms. The van der Waals surface area contributed by atoms with Gasteiger partial charge in [-0.25, -0.2) is 0 Å². The van der Waals surface area contributed by atoms with Gasteiger partial charge in [0.2, 0.25) is 11.0 Å². The molecule has 0 aliphatic rings. The molecule has 0 aliphatic carbocycles. The van der Waals surface area contributed by atoms with Crippen molar-refractivity contribution in [1.82, 2.24) is 10.2 Å². The number of rotatable bonds is 8. The molecule has 2 aromatic carbocycles. The van der Waals surface area contributed by atoms with Gasteiger partial charge in [-0.05, 0) is 37.1 Å². The number of anilines is 3. The number of carbonyl (C=O) groups is 1. The van der Waals surface area contributed by atoms with Crippen molar-refractivity contribution < 1.29 is 9.72 Å². The Bertz CT molecular complexity index is 1010. The Morgan fingerprint density at radius 3 is 2.66 bits per heavy atom. The molecule has 3 rings (SSSR count). The fourth-order valence-corrected chi connectivity index (χ4v) is 4.32. The first kappa shape index (κ1) is 20.7. The summed E-state index contributed by atoms with van der Waals surface area (Å²) >= 11 is 2.63. The van der Waals surface area contributed by atoms with Gasteiger partial charge >= 0.3 is 0 Å². The Morgan fingerprint density at radius 1 is 1.21 bits per heavy atom. The summed E-state index contributed by atoms with van der Waals surface area (Å²) in [5.74, 6) is -0.268. The molecular weight excluding hydrogens is 410 g/mol. The molecule has 1 heterocycles. The maximum atomic E-state index is 12.4. The molecule has 0 aliphatic heterocycles. The molecule has 0 radical (unpaired) electrons. The summed E-state index contributed by atoms with van der Waals surface area (Å²) in [6.45, 7) is 3.85. The summed E-state index contributed by atoms with van der Waals surface area (Å²) < 4.78 is 0.652. The molecule has 0 bridgehead atoms. The second kappa shape index (κ2) is 9.48. The van der Waals surface area contributed by atoms with Crippen molar-refractivity contribution in [2.45, 2.75) is 29.9 Å². The molecule has 150 valence electrons. The van der Waals surface area contributed by atoms with E-state index >= 15 is 0 Å². The molecule has 0 unspecified atom stereocenters. The number of nitro benzene ring substituents is 1. The molecule has 1 aromatic heterocycles. The summed E-state index contributed by atoms with van der Waals surface area (Å²) in [4.78, 5) is 22.7. The number of thioether (sulfide) groups is 1. The zero-order chi connectivity index (χ0) is 20.8. The standard InChI is InChI=1S/C19H19N5O3S2/c1-3-13-7-9-14(10-8-13)21-18-22-23-19(29-18)28-12(2)17(25)20-15-5-4-6-16(11-15)24(26)27/h4-12H,3H2,1-2H3,(H,20,25)(H,21,22)/t12-/m0/s1. The maximum absolute atomic E-state index is 12.4. The van der Waals surface area contributed by atoms with Crippen molar-refractivity contribution >= 4 is 51.2 Å². The number of non-ortho nitro benzene ring substituents is 1. The predicted octanol–water partition coefficient (Wildman–Crippen LogP) is 4.87. The van der Waals surface area contributed by atoms with Gasteiger partial charge in [0, 0.05) is 23.5 Å². The second-order valence-corrected chi connectivity index (χ2v) is 8.67. The molecule has 29 heavy (non-hydrogen) atoms. The lowest BCUT2D eigenvalue weighted by Crippen LogP contribution is -2.22. The van der Waals surface area contributed by atoms with E-state index in [1.165, 1.54) is 46.9 Å². The highest BCUT2D eigenvalue weighted by atomic mass is 32.2. The van der Waals surface area contributed by atoms with E-state index in [1.54, 1.807) is 13.0 Å². The number of nitrogens with zero attached hydrogens (tertiary/aromatic N) is 3. The molecule has 1 atom stereocenters. The second-order valence-electron chi connectivity index (χ2n) is 6.11. The summed E-state index contributed by atoms with van der Waals surface area (Å²) in [6, 6.07) is 13.9. The predicted molar refractivity (Wildman–Crippen MR) is 116 cm³/mol. The van der Waals surface area contributed by atoms with Crippen LogP contribution in [0.15, 0.2) is 52.9 Å². The van der Waals surface area contributed by atoms with Crippen molar-refractivity contribution in [3.63, 3.8) is 0 Å². The fraction of sp³-hybridized carbons (Fsp3) is 0.211. The maximum Gasteiger partial charge on any atom is 0.271 e. The van der Waals surface area contributed by atoms with Crippen molar-refractivity contribution in [2.24, 2.45) is 0 Å². The summed E-state index contributed by atoms with van der Waals surface area (Å²) in [5, 5.41) is 25.2. The normalized spacial score (nSPS) is 11.7. The van der Waals surface area contributed by atoms with Gasteiger partial charge in [0.15, 0.2) is 4.34 Å². The zero-order valence-corrected chi connectivity index (χ0v) is 17.4. The molecular formula is C19H19N5O3S2. The Hall–Kier alpha value is -2.98. The molecule has 8 nitrogen and oxygen atoms in total. The van der Waals surface area contributed by atoms with E-state index in [1.807, 2.05) is 12.1 Å². The fourth-order valence-electron chi connectivity index (χ4n) is 2.40. The average Bonchev–Trinajstić information content (AvgIpc) is 3.15. The van der Waals surface area contributed by atoms with Crippen LogP contribution >= 0.6 is 23.1 Å². The third kappa shape index (κ3) is 5.75. The molecule has 0 saturated carbocycles. The van der Waals surface area contributed by atoms with Crippen LogP contribution in [-0.4, -0.2) is 26.3 Å². The van der Waals surface area contributed by atoms with E-state index in [0.717, 1.165) is 12.1 Å².